The summed E-state index contributed by atoms with van der Waals surface area (Å²) < 4.78 is 32.6. The highest BCUT2D eigenvalue weighted by atomic mass is 31.2. The van der Waals surface area contributed by atoms with Gasteiger partial charge in [-0.1, -0.05) is 144 Å². The quantitative estimate of drug-likeness (QED) is 0.0237. The van der Waals surface area contributed by atoms with Gasteiger partial charge in [-0.15, -0.1) is 0 Å². The molecule has 0 saturated carbocycles. The molecule has 0 fully saturated rings. The smallest absolute Gasteiger partial charge is 0.462 e. The van der Waals surface area contributed by atoms with Crippen molar-refractivity contribution in [3.8, 4) is 0 Å². The first-order chi connectivity index (χ1) is 27.7. The fourth-order valence-electron chi connectivity index (χ4n) is 5.18. The first-order valence-corrected chi connectivity index (χ1v) is 23.0. The van der Waals surface area contributed by atoms with Crippen molar-refractivity contribution in [2.75, 3.05) is 26.4 Å². The lowest BCUT2D eigenvalue weighted by Crippen LogP contribution is -2.29. The molecule has 0 radical (unpaired) electrons. The molecular weight excluding hydrogens is 743 g/mol. The topological polar surface area (TPSA) is 149 Å². The third kappa shape index (κ3) is 41.1. The Morgan fingerprint density at radius 2 is 0.947 bits per heavy atom. The van der Waals surface area contributed by atoms with Gasteiger partial charge in [0.2, 0.25) is 0 Å². The van der Waals surface area contributed by atoms with Crippen LogP contribution in [0.4, 0.5) is 0 Å². The molecule has 1 unspecified atom stereocenters. The number of aliphatic hydroxyl groups is 2. The van der Waals surface area contributed by atoms with Gasteiger partial charge in [-0.3, -0.25) is 18.6 Å². The molecule has 10 nitrogen and oxygen atoms in total. The average molecular weight is 821 g/mol. The number of hydrogen-bond acceptors (Lipinski definition) is 9. The van der Waals surface area contributed by atoms with Crippen molar-refractivity contribution in [3.05, 3.63) is 85.1 Å². The number of esters is 2. The van der Waals surface area contributed by atoms with Crippen molar-refractivity contribution >= 4 is 19.8 Å². The van der Waals surface area contributed by atoms with Crippen molar-refractivity contribution in [1.82, 2.24) is 0 Å². The molecule has 57 heavy (non-hydrogen) atoms. The molecule has 0 aliphatic rings. The first-order valence-electron chi connectivity index (χ1n) is 21.5. The van der Waals surface area contributed by atoms with E-state index in [1.807, 2.05) is 12.2 Å². The predicted octanol–water partition coefficient (Wildman–Crippen LogP) is 11.4. The summed E-state index contributed by atoms with van der Waals surface area (Å²) in [6.07, 6.45) is 48.4. The fourth-order valence-corrected chi connectivity index (χ4v) is 5.97. The molecular formula is C46H77O10P. The zero-order valence-electron chi connectivity index (χ0n) is 35.3. The number of aliphatic hydroxyl groups excluding tert-OH is 2. The lowest BCUT2D eigenvalue weighted by atomic mass is 10.1. The lowest BCUT2D eigenvalue weighted by molar-refractivity contribution is -0.161. The van der Waals surface area contributed by atoms with Crippen molar-refractivity contribution in [3.63, 3.8) is 0 Å². The zero-order valence-corrected chi connectivity index (χ0v) is 36.2. The number of hydrogen-bond donors (Lipinski definition) is 3. The van der Waals surface area contributed by atoms with Crippen LogP contribution in [-0.4, -0.2) is 65.7 Å². The minimum absolute atomic E-state index is 0.0531. The number of rotatable bonds is 39. The Hall–Kier alpha value is -2.85. The van der Waals surface area contributed by atoms with Crippen molar-refractivity contribution < 1.29 is 47.8 Å². The molecule has 0 rings (SSSR count). The molecule has 326 valence electrons. The van der Waals surface area contributed by atoms with Gasteiger partial charge in [0.1, 0.15) is 12.7 Å². The Labute approximate surface area is 345 Å². The fraction of sp³-hybridized carbons (Fsp3) is 0.652. The van der Waals surface area contributed by atoms with Crippen LogP contribution >= 0.6 is 7.82 Å². The van der Waals surface area contributed by atoms with E-state index in [1.165, 1.54) is 44.9 Å². The summed E-state index contributed by atoms with van der Waals surface area (Å²) in [6, 6.07) is 0. The summed E-state index contributed by atoms with van der Waals surface area (Å²) >= 11 is 0. The Morgan fingerprint density at radius 1 is 0.526 bits per heavy atom. The molecule has 0 aliphatic heterocycles. The van der Waals surface area contributed by atoms with Crippen molar-refractivity contribution in [2.45, 2.75) is 167 Å². The van der Waals surface area contributed by atoms with Gasteiger partial charge < -0.3 is 24.6 Å². The van der Waals surface area contributed by atoms with E-state index < -0.39 is 51.8 Å². The number of ether oxygens (including phenoxy) is 2. The Kier molecular flexibility index (Phi) is 39.2. The maximum atomic E-state index is 12.6. The molecule has 0 heterocycles. The molecule has 0 amide bonds. The van der Waals surface area contributed by atoms with E-state index >= 15 is 0 Å². The first kappa shape index (κ1) is 54.2. The standard InChI is InChI=1S/C46H77O10P/c1-3-5-7-9-11-13-15-17-19-20-21-22-24-26-28-30-32-34-36-38-46(50)56-44(42-55-57(51,52)54-40-43(48)39-47)41-53-45(49)37-35-33-31-29-27-25-23-18-16-14-12-10-8-6-4-2/h11-14,17-19,21-23,26,28,32,34,43-44,47-48H,3-10,15-16,20,24-25,27,29-31,33,35-42H2,1-2H3,(H,51,52)/t43-,44+/m0/s1. The van der Waals surface area contributed by atoms with E-state index in [1.54, 1.807) is 0 Å². The highest BCUT2D eigenvalue weighted by Gasteiger charge is 2.27. The normalized spacial score (nSPS) is 14.7. The van der Waals surface area contributed by atoms with Gasteiger partial charge in [-0.05, 0) is 83.5 Å². The average Bonchev–Trinajstić information content (AvgIpc) is 3.20. The van der Waals surface area contributed by atoms with Gasteiger partial charge in [-0.25, -0.2) is 4.57 Å². The minimum Gasteiger partial charge on any atom is -0.462 e. The molecule has 3 N–H and O–H groups in total. The molecule has 0 aromatic heterocycles. The van der Waals surface area contributed by atoms with E-state index in [2.05, 4.69) is 91.3 Å². The molecule has 0 saturated heterocycles. The largest absolute Gasteiger partial charge is 0.472 e. The van der Waals surface area contributed by atoms with Gasteiger partial charge in [0.25, 0.3) is 0 Å². The van der Waals surface area contributed by atoms with E-state index in [4.69, 9.17) is 19.1 Å². The Bertz CT molecular complexity index is 1220. The summed E-state index contributed by atoms with van der Waals surface area (Å²) in [6.45, 7) is 2.20. The van der Waals surface area contributed by atoms with Crippen LogP contribution in [0.25, 0.3) is 0 Å². The van der Waals surface area contributed by atoms with Crippen LogP contribution in [0.15, 0.2) is 85.1 Å². The van der Waals surface area contributed by atoms with Crippen molar-refractivity contribution in [1.29, 1.82) is 0 Å². The molecule has 0 aliphatic carbocycles. The van der Waals surface area contributed by atoms with Gasteiger partial charge in [-0.2, -0.15) is 0 Å². The summed E-state index contributed by atoms with van der Waals surface area (Å²) in [7, 11) is -4.65. The second-order valence-electron chi connectivity index (χ2n) is 14.0. The van der Waals surface area contributed by atoms with Crippen LogP contribution in [0.3, 0.4) is 0 Å². The van der Waals surface area contributed by atoms with Crippen LogP contribution in [-0.2, 0) is 32.7 Å². The Morgan fingerprint density at radius 3 is 1.44 bits per heavy atom. The second-order valence-corrected chi connectivity index (χ2v) is 15.5. The van der Waals surface area contributed by atoms with Gasteiger partial charge in [0, 0.05) is 12.8 Å². The molecule has 0 aromatic carbocycles. The Balaban J connectivity index is 4.48. The number of carbonyl (C=O) groups excluding carboxylic acids is 2. The third-order valence-corrected chi connectivity index (χ3v) is 9.49. The van der Waals surface area contributed by atoms with Gasteiger partial charge >= 0.3 is 19.8 Å². The van der Waals surface area contributed by atoms with Crippen LogP contribution < -0.4 is 0 Å². The zero-order chi connectivity index (χ0) is 41.9. The summed E-state index contributed by atoms with van der Waals surface area (Å²) in [5, 5.41) is 18.3. The summed E-state index contributed by atoms with van der Waals surface area (Å²) in [5.41, 5.74) is 0. The summed E-state index contributed by atoms with van der Waals surface area (Å²) in [5.74, 6) is -1.05. The number of phosphoric ester groups is 1. The molecule has 0 bridgehead atoms. The number of allylic oxidation sites excluding steroid dienone is 14. The maximum absolute atomic E-state index is 12.6. The van der Waals surface area contributed by atoms with Gasteiger partial charge in [0.05, 0.1) is 19.8 Å². The van der Waals surface area contributed by atoms with Crippen LogP contribution in [0, 0.1) is 0 Å². The van der Waals surface area contributed by atoms with Crippen LogP contribution in [0.2, 0.25) is 0 Å². The van der Waals surface area contributed by atoms with E-state index in [0.717, 1.165) is 70.6 Å². The monoisotopic (exact) mass is 821 g/mol. The second kappa shape index (κ2) is 41.3. The minimum atomic E-state index is -4.65. The lowest BCUT2D eigenvalue weighted by Gasteiger charge is -2.20. The third-order valence-electron chi connectivity index (χ3n) is 8.54. The van der Waals surface area contributed by atoms with Crippen LogP contribution in [0.1, 0.15) is 155 Å². The summed E-state index contributed by atoms with van der Waals surface area (Å²) in [4.78, 5) is 34.9. The predicted molar refractivity (Wildman–Crippen MR) is 233 cm³/mol. The molecule has 0 aromatic rings. The highest BCUT2D eigenvalue weighted by Crippen LogP contribution is 2.43. The number of phosphoric acid groups is 1. The number of carbonyl (C=O) groups is 2. The van der Waals surface area contributed by atoms with Crippen LogP contribution in [0.5, 0.6) is 0 Å². The van der Waals surface area contributed by atoms with E-state index in [0.29, 0.717) is 12.8 Å². The maximum Gasteiger partial charge on any atom is 0.472 e. The molecule has 0 spiro atoms. The van der Waals surface area contributed by atoms with E-state index in [9.17, 15) is 24.2 Å². The van der Waals surface area contributed by atoms with Crippen molar-refractivity contribution in [2.24, 2.45) is 0 Å². The number of unbranched alkanes of at least 4 members (excludes halogenated alkanes) is 11. The van der Waals surface area contributed by atoms with E-state index in [-0.39, 0.29) is 19.4 Å². The van der Waals surface area contributed by atoms with Gasteiger partial charge in [0.15, 0.2) is 6.10 Å². The highest BCUT2D eigenvalue weighted by molar-refractivity contribution is 7.47. The molecule has 3 atom stereocenters. The molecule has 11 heteroatoms. The SMILES string of the molecule is CCCCCC=CCC=CCC=CCC=CCC=CCCC(=O)O[C@H](COC(=O)CCCCCCCC=CCC=CCCCCC)COP(=O)(O)OC[C@@H](O)CO.